The number of aromatic nitrogens is 1. The molecule has 4 nitrogen and oxygen atoms in total. The van der Waals surface area contributed by atoms with Crippen LogP contribution in [0.1, 0.15) is 23.2 Å². The number of hydrogen-bond acceptors (Lipinski definition) is 4. The fraction of sp³-hybridized carbons (Fsp3) is 0.250. The average molecular weight is 417 g/mol. The van der Waals surface area contributed by atoms with Gasteiger partial charge in [0.15, 0.2) is 5.76 Å². The van der Waals surface area contributed by atoms with Gasteiger partial charge < -0.3 is 14.8 Å². The van der Waals surface area contributed by atoms with Crippen molar-refractivity contribution in [2.45, 2.75) is 32.3 Å². The van der Waals surface area contributed by atoms with Crippen LogP contribution in [0.2, 0.25) is 0 Å². The number of hydrogen-bond donors (Lipinski definition) is 2. The van der Waals surface area contributed by atoms with Crippen molar-refractivity contribution >= 4 is 27.6 Å². The van der Waals surface area contributed by atoms with Gasteiger partial charge in [0.2, 0.25) is 0 Å². The van der Waals surface area contributed by atoms with Crippen molar-refractivity contribution in [2.24, 2.45) is 0 Å². The second-order valence-corrected chi connectivity index (χ2v) is 7.38. The van der Waals surface area contributed by atoms with Gasteiger partial charge in [-0.2, -0.15) is 4.98 Å². The van der Waals surface area contributed by atoms with Gasteiger partial charge in [0.25, 0.3) is 6.01 Å². The summed E-state index contributed by atoms with van der Waals surface area (Å²) >= 11 is 3.16. The quantitative estimate of drug-likeness (QED) is 0.619. The minimum Gasteiger partial charge on any atom is -0.423 e. The first kappa shape index (κ1) is 17.2. The van der Waals surface area contributed by atoms with E-state index in [1.54, 1.807) is 12.1 Å². The fourth-order valence-corrected chi connectivity index (χ4v) is 3.60. The molecule has 0 aliphatic heterocycles. The van der Waals surface area contributed by atoms with Gasteiger partial charge in [0.1, 0.15) is 5.82 Å². The largest absolute Gasteiger partial charge is 0.423 e. The molecule has 0 spiro atoms. The van der Waals surface area contributed by atoms with Gasteiger partial charge >= 0.3 is 0 Å². The van der Waals surface area contributed by atoms with Crippen LogP contribution >= 0.6 is 15.9 Å². The number of oxazole rings is 1. The lowest BCUT2D eigenvalue weighted by molar-refractivity contribution is 0.159. The Morgan fingerprint density at radius 2 is 2.15 bits per heavy atom. The van der Waals surface area contributed by atoms with Crippen molar-refractivity contribution in [3.8, 4) is 11.3 Å². The summed E-state index contributed by atoms with van der Waals surface area (Å²) in [5.74, 6) is 0.183. The summed E-state index contributed by atoms with van der Waals surface area (Å²) in [7, 11) is 0. The van der Waals surface area contributed by atoms with Crippen LogP contribution in [0.15, 0.2) is 45.3 Å². The molecule has 1 heterocycles. The number of benzene rings is 2. The fourth-order valence-electron chi connectivity index (χ4n) is 3.36. The monoisotopic (exact) mass is 416 g/mol. The molecule has 0 amide bonds. The zero-order valence-electron chi connectivity index (χ0n) is 14.2. The number of fused-ring (bicyclic) bond motifs is 1. The van der Waals surface area contributed by atoms with Crippen LogP contribution in [-0.4, -0.2) is 16.2 Å². The van der Waals surface area contributed by atoms with E-state index in [0.29, 0.717) is 33.9 Å². The summed E-state index contributed by atoms with van der Waals surface area (Å²) in [5.41, 5.74) is 4.53. The van der Waals surface area contributed by atoms with Crippen LogP contribution in [0, 0.1) is 12.7 Å². The predicted octanol–water partition coefficient (Wildman–Crippen LogP) is 5.14. The van der Waals surface area contributed by atoms with Crippen molar-refractivity contribution in [3.05, 3.63) is 63.5 Å². The highest BCUT2D eigenvalue weighted by atomic mass is 79.9. The van der Waals surface area contributed by atoms with Gasteiger partial charge in [-0.05, 0) is 71.1 Å². The maximum Gasteiger partial charge on any atom is 0.299 e. The van der Waals surface area contributed by atoms with Crippen LogP contribution < -0.4 is 5.32 Å². The summed E-state index contributed by atoms with van der Waals surface area (Å²) in [5, 5.41) is 13.2. The molecular weight excluding hydrogens is 399 g/mol. The van der Waals surface area contributed by atoms with Crippen molar-refractivity contribution in [2.75, 3.05) is 5.32 Å². The van der Waals surface area contributed by atoms with E-state index in [2.05, 4.69) is 32.3 Å². The standard InChI is InChI=1S/C20H18BrFN2O2/c1-11-19(13-6-8-16(21)17(22)9-13)26-20(23-11)24-18-4-2-3-12-5-7-14(25)10-15(12)18/h2-4,6,8-9,14,25H,5,7,10H2,1H3,(H,23,24)/t14-/m1/s1. The minimum atomic E-state index is -0.348. The first-order valence-corrected chi connectivity index (χ1v) is 9.29. The third kappa shape index (κ3) is 3.27. The maximum absolute atomic E-state index is 13.8. The third-order valence-corrected chi connectivity index (χ3v) is 5.32. The molecule has 2 N–H and O–H groups in total. The Bertz CT molecular complexity index is 970. The van der Waals surface area contributed by atoms with Gasteiger partial charge in [0.05, 0.1) is 16.3 Å². The topological polar surface area (TPSA) is 58.3 Å². The highest BCUT2D eigenvalue weighted by molar-refractivity contribution is 9.10. The first-order valence-electron chi connectivity index (χ1n) is 8.50. The Labute approximate surface area is 159 Å². The molecule has 6 heteroatoms. The van der Waals surface area contributed by atoms with Crippen LogP contribution in [-0.2, 0) is 12.8 Å². The Balaban J connectivity index is 1.66. The Morgan fingerprint density at radius 1 is 1.31 bits per heavy atom. The molecule has 1 aromatic heterocycles. The molecule has 0 fully saturated rings. The summed E-state index contributed by atoms with van der Waals surface area (Å²) in [6.07, 6.45) is 1.94. The predicted molar refractivity (Wildman–Crippen MR) is 102 cm³/mol. The van der Waals surface area contributed by atoms with Gasteiger partial charge in [-0.25, -0.2) is 4.39 Å². The maximum atomic E-state index is 13.8. The summed E-state index contributed by atoms with van der Waals surface area (Å²) < 4.78 is 20.1. The van der Waals surface area contributed by atoms with E-state index >= 15 is 0 Å². The lowest BCUT2D eigenvalue weighted by Crippen LogP contribution is -2.19. The van der Waals surface area contributed by atoms with Crippen molar-refractivity contribution < 1.29 is 13.9 Å². The SMILES string of the molecule is Cc1nc(Nc2cccc3c2C[C@H](O)CC3)oc1-c1ccc(Br)c(F)c1. The second-order valence-electron chi connectivity index (χ2n) is 6.53. The van der Waals surface area contributed by atoms with Crippen molar-refractivity contribution in [1.82, 2.24) is 4.98 Å². The smallest absolute Gasteiger partial charge is 0.299 e. The minimum absolute atomic E-state index is 0.321. The number of nitrogens with zero attached hydrogens (tertiary/aromatic N) is 1. The van der Waals surface area contributed by atoms with Crippen LogP contribution in [0.5, 0.6) is 0 Å². The Morgan fingerprint density at radius 3 is 2.96 bits per heavy atom. The lowest BCUT2D eigenvalue weighted by atomic mass is 9.88. The third-order valence-electron chi connectivity index (χ3n) is 4.68. The number of aliphatic hydroxyl groups is 1. The van der Waals surface area contributed by atoms with E-state index in [1.807, 2.05) is 19.1 Å². The highest BCUT2D eigenvalue weighted by Crippen LogP contribution is 2.33. The van der Waals surface area contributed by atoms with Crippen molar-refractivity contribution in [1.29, 1.82) is 0 Å². The number of halogens is 2. The average Bonchev–Trinajstić information content (AvgIpc) is 2.98. The summed E-state index contributed by atoms with van der Waals surface area (Å²) in [6, 6.07) is 11.2. The van der Waals surface area contributed by atoms with Gasteiger partial charge in [-0.1, -0.05) is 12.1 Å². The molecular formula is C20H18BrFN2O2. The Kier molecular flexibility index (Phi) is 4.54. The highest BCUT2D eigenvalue weighted by Gasteiger charge is 2.20. The number of rotatable bonds is 3. The molecule has 0 bridgehead atoms. The summed E-state index contributed by atoms with van der Waals surface area (Å²) in [6.45, 7) is 1.83. The molecule has 3 aromatic rings. The molecule has 134 valence electrons. The van der Waals surface area contributed by atoms with E-state index in [-0.39, 0.29) is 11.9 Å². The van der Waals surface area contributed by atoms with E-state index in [1.165, 1.54) is 11.6 Å². The number of aliphatic hydroxyl groups excluding tert-OH is 1. The van der Waals surface area contributed by atoms with Crippen LogP contribution in [0.4, 0.5) is 16.1 Å². The van der Waals surface area contributed by atoms with Gasteiger partial charge in [-0.3, -0.25) is 0 Å². The van der Waals surface area contributed by atoms with Crippen LogP contribution in [0.25, 0.3) is 11.3 Å². The molecule has 0 radical (unpaired) electrons. The van der Waals surface area contributed by atoms with Gasteiger partial charge in [0, 0.05) is 17.7 Å². The zero-order valence-corrected chi connectivity index (χ0v) is 15.8. The van der Waals surface area contributed by atoms with E-state index < -0.39 is 0 Å². The Hall–Kier alpha value is -2.18. The zero-order chi connectivity index (χ0) is 18.3. The molecule has 1 aliphatic carbocycles. The lowest BCUT2D eigenvalue weighted by Gasteiger charge is -2.23. The van der Waals surface area contributed by atoms with Crippen LogP contribution in [0.3, 0.4) is 0 Å². The molecule has 2 aromatic carbocycles. The molecule has 0 saturated heterocycles. The molecule has 0 saturated carbocycles. The summed E-state index contributed by atoms with van der Waals surface area (Å²) in [4.78, 5) is 4.43. The number of anilines is 2. The number of nitrogens with one attached hydrogen (secondary N) is 1. The van der Waals surface area contributed by atoms with E-state index in [9.17, 15) is 9.50 Å². The number of aryl methyl sites for hydroxylation is 2. The normalized spacial score (nSPS) is 16.4. The molecule has 0 unspecified atom stereocenters. The van der Waals surface area contributed by atoms with E-state index in [0.717, 1.165) is 24.1 Å². The van der Waals surface area contributed by atoms with Crippen molar-refractivity contribution in [3.63, 3.8) is 0 Å². The molecule has 1 aliphatic rings. The second kappa shape index (κ2) is 6.85. The van der Waals surface area contributed by atoms with Gasteiger partial charge in [-0.15, -0.1) is 0 Å². The molecule has 4 rings (SSSR count). The molecule has 26 heavy (non-hydrogen) atoms. The molecule has 1 atom stereocenters. The first-order chi connectivity index (χ1) is 12.5. The van der Waals surface area contributed by atoms with E-state index in [4.69, 9.17) is 4.42 Å².